The van der Waals surface area contributed by atoms with Gasteiger partial charge in [0.15, 0.2) is 0 Å². The van der Waals surface area contributed by atoms with Crippen molar-refractivity contribution in [2.75, 3.05) is 36.4 Å². The number of hydrogen-bond acceptors (Lipinski definition) is 6. The van der Waals surface area contributed by atoms with Crippen molar-refractivity contribution in [3.8, 4) is 6.07 Å². The molecule has 1 heterocycles. The number of carbonyl (C=O) groups excluding carboxylic acids is 3. The second kappa shape index (κ2) is 13.5. The van der Waals surface area contributed by atoms with Crippen molar-refractivity contribution in [3.63, 3.8) is 0 Å². The lowest BCUT2D eigenvalue weighted by Crippen LogP contribution is -2.40. The van der Waals surface area contributed by atoms with Crippen LogP contribution in [0.1, 0.15) is 68.7 Å². The molecule has 2 aliphatic rings. The third-order valence-corrected chi connectivity index (χ3v) is 8.09. The van der Waals surface area contributed by atoms with E-state index in [0.717, 1.165) is 31.4 Å². The zero-order chi connectivity index (χ0) is 30.3. The lowest BCUT2D eigenvalue weighted by Gasteiger charge is -2.28. The maximum absolute atomic E-state index is 13.7. The normalized spacial score (nSPS) is 18.7. The average molecular weight is 583 g/mol. The fourth-order valence-electron chi connectivity index (χ4n) is 5.64. The number of rotatable bonds is 6. The van der Waals surface area contributed by atoms with E-state index in [1.54, 1.807) is 47.4 Å². The first-order valence-electron chi connectivity index (χ1n) is 14.6. The molecule has 0 bridgehead atoms. The van der Waals surface area contributed by atoms with E-state index >= 15 is 0 Å². The standard InChI is InChI=1S/C33H35FN6O3/c34-26-4-1-3-25(19-26)33(43)40-16-2-15-39(17-18-40)30-14-9-24(32(42)37-28-12-10-27(36)11-13-28)20-29(30)38-31(41)23-7-5-22(21-35)6-8-23/h1,3-9,14,19-20,27-28H,2,10-13,15-18,36H2,(H,37,42)(H,38,41). The summed E-state index contributed by atoms with van der Waals surface area (Å²) in [5.41, 5.74) is 8.76. The Morgan fingerprint density at radius 3 is 2.30 bits per heavy atom. The molecule has 43 heavy (non-hydrogen) atoms. The van der Waals surface area contributed by atoms with Crippen LogP contribution in [0.25, 0.3) is 0 Å². The average Bonchev–Trinajstić information content (AvgIpc) is 3.28. The molecule has 3 amide bonds. The Balaban J connectivity index is 1.37. The van der Waals surface area contributed by atoms with E-state index in [1.165, 1.54) is 18.2 Å². The van der Waals surface area contributed by atoms with Crippen LogP contribution in [0.4, 0.5) is 15.8 Å². The summed E-state index contributed by atoms with van der Waals surface area (Å²) in [5.74, 6) is -1.28. The number of amides is 3. The topological polar surface area (TPSA) is 132 Å². The van der Waals surface area contributed by atoms with Gasteiger partial charge in [-0.15, -0.1) is 0 Å². The van der Waals surface area contributed by atoms with Gasteiger partial charge >= 0.3 is 0 Å². The van der Waals surface area contributed by atoms with Crippen molar-refractivity contribution in [1.29, 1.82) is 5.26 Å². The largest absolute Gasteiger partial charge is 0.368 e. The number of carbonyl (C=O) groups is 3. The predicted octanol–water partition coefficient (Wildman–Crippen LogP) is 4.30. The molecule has 10 heteroatoms. The molecule has 1 aliphatic carbocycles. The van der Waals surface area contributed by atoms with Gasteiger partial charge in [-0.25, -0.2) is 4.39 Å². The monoisotopic (exact) mass is 582 g/mol. The van der Waals surface area contributed by atoms with Crippen LogP contribution in [0.3, 0.4) is 0 Å². The lowest BCUT2D eigenvalue weighted by atomic mass is 9.91. The van der Waals surface area contributed by atoms with Crippen molar-refractivity contribution < 1.29 is 18.8 Å². The number of nitriles is 1. The molecule has 2 fully saturated rings. The highest BCUT2D eigenvalue weighted by atomic mass is 19.1. The van der Waals surface area contributed by atoms with Gasteiger partial charge in [-0.1, -0.05) is 6.07 Å². The highest BCUT2D eigenvalue weighted by Gasteiger charge is 2.25. The zero-order valence-electron chi connectivity index (χ0n) is 23.9. The molecule has 0 atom stereocenters. The Kier molecular flexibility index (Phi) is 9.32. The summed E-state index contributed by atoms with van der Waals surface area (Å²) in [7, 11) is 0. The molecule has 1 saturated heterocycles. The lowest BCUT2D eigenvalue weighted by molar-refractivity contribution is 0.0766. The summed E-state index contributed by atoms with van der Waals surface area (Å²) < 4.78 is 13.7. The summed E-state index contributed by atoms with van der Waals surface area (Å²) in [6.45, 7) is 2.00. The third-order valence-electron chi connectivity index (χ3n) is 8.09. The van der Waals surface area contributed by atoms with Crippen LogP contribution in [-0.2, 0) is 0 Å². The number of nitrogens with two attached hydrogens (primary N) is 1. The van der Waals surface area contributed by atoms with E-state index < -0.39 is 5.82 Å². The smallest absolute Gasteiger partial charge is 0.255 e. The number of halogens is 1. The molecule has 4 N–H and O–H groups in total. The van der Waals surface area contributed by atoms with Crippen LogP contribution in [0.2, 0.25) is 0 Å². The molecule has 9 nitrogen and oxygen atoms in total. The van der Waals surface area contributed by atoms with Gasteiger partial charge in [0.25, 0.3) is 17.7 Å². The van der Waals surface area contributed by atoms with E-state index in [-0.39, 0.29) is 29.8 Å². The van der Waals surface area contributed by atoms with E-state index in [9.17, 15) is 18.8 Å². The summed E-state index contributed by atoms with van der Waals surface area (Å²) in [4.78, 5) is 43.4. The summed E-state index contributed by atoms with van der Waals surface area (Å²) >= 11 is 0. The maximum atomic E-state index is 13.7. The van der Waals surface area contributed by atoms with Gasteiger partial charge in [0, 0.05) is 55.0 Å². The molecule has 1 aliphatic heterocycles. The number of benzene rings is 3. The minimum atomic E-state index is -0.457. The number of anilines is 2. The molecule has 222 valence electrons. The maximum Gasteiger partial charge on any atom is 0.255 e. The van der Waals surface area contributed by atoms with Crippen LogP contribution in [-0.4, -0.2) is 60.9 Å². The highest BCUT2D eigenvalue weighted by molar-refractivity contribution is 6.07. The second-order valence-electron chi connectivity index (χ2n) is 11.1. The molecule has 3 aromatic carbocycles. The van der Waals surface area contributed by atoms with Crippen molar-refractivity contribution in [1.82, 2.24) is 10.2 Å². The Hall–Kier alpha value is -4.75. The molecule has 0 spiro atoms. The number of nitrogens with one attached hydrogen (secondary N) is 2. The van der Waals surface area contributed by atoms with Crippen LogP contribution in [0.5, 0.6) is 0 Å². The van der Waals surface area contributed by atoms with Crippen molar-refractivity contribution in [2.45, 2.75) is 44.2 Å². The van der Waals surface area contributed by atoms with E-state index in [0.29, 0.717) is 60.5 Å². The molecule has 3 aromatic rings. The van der Waals surface area contributed by atoms with E-state index in [2.05, 4.69) is 15.5 Å². The van der Waals surface area contributed by atoms with Gasteiger partial charge in [0.05, 0.1) is 23.0 Å². The summed E-state index contributed by atoms with van der Waals surface area (Å²) in [6.07, 6.45) is 4.04. The minimum absolute atomic E-state index is 0.0517. The molecular formula is C33H35FN6O3. The second-order valence-corrected chi connectivity index (χ2v) is 11.1. The number of hydrogen-bond donors (Lipinski definition) is 3. The first-order valence-corrected chi connectivity index (χ1v) is 14.6. The van der Waals surface area contributed by atoms with Gasteiger partial charge in [-0.05, 0) is 92.8 Å². The van der Waals surface area contributed by atoms with Crippen LogP contribution in [0, 0.1) is 17.1 Å². The first-order chi connectivity index (χ1) is 20.8. The highest BCUT2D eigenvalue weighted by Crippen LogP contribution is 2.30. The Labute approximate surface area is 250 Å². The Bertz CT molecular complexity index is 1530. The molecule has 0 aromatic heterocycles. The fourth-order valence-corrected chi connectivity index (χ4v) is 5.64. The van der Waals surface area contributed by atoms with E-state index in [4.69, 9.17) is 11.0 Å². The molecule has 0 radical (unpaired) electrons. The van der Waals surface area contributed by atoms with Crippen LogP contribution >= 0.6 is 0 Å². The van der Waals surface area contributed by atoms with Crippen molar-refractivity contribution in [3.05, 3.63) is 94.8 Å². The molecule has 5 rings (SSSR count). The first kappa shape index (κ1) is 29.7. The van der Waals surface area contributed by atoms with Gasteiger partial charge in [0.1, 0.15) is 5.82 Å². The minimum Gasteiger partial charge on any atom is -0.368 e. The van der Waals surface area contributed by atoms with Gasteiger partial charge < -0.3 is 26.2 Å². The van der Waals surface area contributed by atoms with Gasteiger partial charge in [-0.2, -0.15) is 5.26 Å². The Morgan fingerprint density at radius 1 is 0.837 bits per heavy atom. The molecular weight excluding hydrogens is 547 g/mol. The van der Waals surface area contributed by atoms with Gasteiger partial charge in [-0.3, -0.25) is 14.4 Å². The van der Waals surface area contributed by atoms with E-state index in [1.807, 2.05) is 12.1 Å². The van der Waals surface area contributed by atoms with Gasteiger partial charge in [0.2, 0.25) is 0 Å². The summed E-state index contributed by atoms with van der Waals surface area (Å²) in [6, 6.07) is 19.5. The van der Waals surface area contributed by atoms with Crippen LogP contribution < -0.4 is 21.3 Å². The zero-order valence-corrected chi connectivity index (χ0v) is 23.9. The van der Waals surface area contributed by atoms with Crippen molar-refractivity contribution >= 4 is 29.1 Å². The SMILES string of the molecule is N#Cc1ccc(C(=O)Nc2cc(C(=O)NC3CCC(N)CC3)ccc2N2CCCN(C(=O)c3cccc(F)c3)CC2)cc1. The Morgan fingerprint density at radius 2 is 1.58 bits per heavy atom. The summed E-state index contributed by atoms with van der Waals surface area (Å²) in [5, 5.41) is 15.2. The molecule has 0 unspecified atom stereocenters. The third kappa shape index (κ3) is 7.37. The predicted molar refractivity (Wildman–Crippen MR) is 162 cm³/mol. The number of nitrogens with zero attached hydrogens (tertiary/aromatic N) is 3. The fraction of sp³-hybridized carbons (Fsp3) is 0.333. The van der Waals surface area contributed by atoms with Crippen molar-refractivity contribution in [2.24, 2.45) is 5.73 Å². The quantitative estimate of drug-likeness (QED) is 0.397. The van der Waals surface area contributed by atoms with Crippen LogP contribution in [0.15, 0.2) is 66.7 Å². The molecule has 1 saturated carbocycles.